The van der Waals surface area contributed by atoms with Crippen LogP contribution in [0.25, 0.3) is 0 Å². The highest BCUT2D eigenvalue weighted by molar-refractivity contribution is 9.10. The molecule has 1 N–H and O–H groups in total. The van der Waals surface area contributed by atoms with Crippen molar-refractivity contribution in [1.29, 1.82) is 0 Å². The molecule has 0 saturated heterocycles. The predicted octanol–water partition coefficient (Wildman–Crippen LogP) is 4.82. The number of hydrogen-bond acceptors (Lipinski definition) is 6. The number of hydrazone groups is 1. The minimum atomic E-state index is -0.507. The van der Waals surface area contributed by atoms with E-state index in [2.05, 4.69) is 26.5 Å². The number of aryl methyl sites for hydroxylation is 2. The van der Waals surface area contributed by atoms with Crippen molar-refractivity contribution in [2.75, 3.05) is 13.7 Å². The van der Waals surface area contributed by atoms with Crippen LogP contribution in [0.5, 0.6) is 17.2 Å². The molecule has 0 spiro atoms. The van der Waals surface area contributed by atoms with Gasteiger partial charge in [0.25, 0.3) is 5.91 Å². The molecule has 0 bridgehead atoms. The zero-order chi connectivity index (χ0) is 23.8. The molecule has 0 atom stereocenters. The summed E-state index contributed by atoms with van der Waals surface area (Å²) in [6.45, 7) is 3.76. The SMILES string of the molecule is COc1cc(C=NNC(=O)COc2ccc(C)cc2C)ccc1OC(=O)c1cccc(Br)c1. The first-order valence-electron chi connectivity index (χ1n) is 10.0. The Hall–Kier alpha value is -3.65. The summed E-state index contributed by atoms with van der Waals surface area (Å²) >= 11 is 3.33. The Balaban J connectivity index is 1.57. The minimum Gasteiger partial charge on any atom is -0.493 e. The van der Waals surface area contributed by atoms with E-state index in [9.17, 15) is 9.59 Å². The van der Waals surface area contributed by atoms with Gasteiger partial charge >= 0.3 is 5.97 Å². The second kappa shape index (κ2) is 11.3. The van der Waals surface area contributed by atoms with E-state index in [1.54, 1.807) is 36.4 Å². The monoisotopic (exact) mass is 510 g/mol. The maximum absolute atomic E-state index is 12.4. The Morgan fingerprint density at radius 2 is 1.79 bits per heavy atom. The highest BCUT2D eigenvalue weighted by atomic mass is 79.9. The molecule has 3 rings (SSSR count). The molecule has 8 heteroatoms. The summed E-state index contributed by atoms with van der Waals surface area (Å²) in [5.74, 6) is 0.375. The average molecular weight is 511 g/mol. The maximum Gasteiger partial charge on any atom is 0.343 e. The van der Waals surface area contributed by atoms with E-state index in [0.29, 0.717) is 22.6 Å². The van der Waals surface area contributed by atoms with Crippen LogP contribution in [0, 0.1) is 13.8 Å². The molecule has 1 amide bonds. The largest absolute Gasteiger partial charge is 0.493 e. The van der Waals surface area contributed by atoms with Gasteiger partial charge in [-0.25, -0.2) is 10.2 Å². The van der Waals surface area contributed by atoms with E-state index in [4.69, 9.17) is 14.2 Å². The van der Waals surface area contributed by atoms with Gasteiger partial charge in [0.05, 0.1) is 18.9 Å². The molecule has 0 saturated carbocycles. The van der Waals surface area contributed by atoms with E-state index in [-0.39, 0.29) is 12.4 Å². The zero-order valence-corrected chi connectivity index (χ0v) is 20.0. The van der Waals surface area contributed by atoms with E-state index < -0.39 is 11.9 Å². The first-order chi connectivity index (χ1) is 15.9. The van der Waals surface area contributed by atoms with Gasteiger partial charge in [0, 0.05) is 4.47 Å². The van der Waals surface area contributed by atoms with E-state index >= 15 is 0 Å². The second-order valence-electron chi connectivity index (χ2n) is 7.16. The fourth-order valence-corrected chi connectivity index (χ4v) is 3.34. The van der Waals surface area contributed by atoms with Crippen LogP contribution in [-0.4, -0.2) is 31.8 Å². The molecule has 7 nitrogen and oxygen atoms in total. The Labute approximate surface area is 200 Å². The topological polar surface area (TPSA) is 86.2 Å². The number of nitrogens with zero attached hydrogens (tertiary/aromatic N) is 1. The van der Waals surface area contributed by atoms with Crippen LogP contribution >= 0.6 is 15.9 Å². The van der Waals surface area contributed by atoms with Gasteiger partial charge in [-0.3, -0.25) is 4.79 Å². The standard InChI is InChI=1S/C25H23BrN2O5/c1-16-7-9-21(17(2)11-16)32-15-24(29)28-27-14-18-8-10-22(23(12-18)31-3)33-25(30)19-5-4-6-20(26)13-19/h4-14H,15H2,1-3H3,(H,28,29). The van der Waals surface area contributed by atoms with Gasteiger partial charge in [-0.1, -0.05) is 39.7 Å². The summed E-state index contributed by atoms with van der Waals surface area (Å²) in [4.78, 5) is 24.4. The number of carbonyl (C=O) groups excluding carboxylic acids is 2. The number of ether oxygens (including phenoxy) is 3. The quantitative estimate of drug-likeness (QED) is 0.203. The molecule has 0 aromatic heterocycles. The van der Waals surface area contributed by atoms with E-state index in [1.807, 2.05) is 38.1 Å². The minimum absolute atomic E-state index is 0.158. The number of carbonyl (C=O) groups is 2. The van der Waals surface area contributed by atoms with Gasteiger partial charge in [0.15, 0.2) is 18.1 Å². The van der Waals surface area contributed by atoms with Gasteiger partial charge in [0.1, 0.15) is 5.75 Å². The molecule has 0 aliphatic heterocycles. The molecule has 33 heavy (non-hydrogen) atoms. The highest BCUT2D eigenvalue weighted by Gasteiger charge is 2.13. The van der Waals surface area contributed by atoms with Crippen molar-refractivity contribution in [2.24, 2.45) is 5.10 Å². The highest BCUT2D eigenvalue weighted by Crippen LogP contribution is 2.28. The average Bonchev–Trinajstić information content (AvgIpc) is 2.79. The molecule has 3 aromatic rings. The summed E-state index contributed by atoms with van der Waals surface area (Å²) in [5, 5.41) is 3.94. The number of halogens is 1. The number of esters is 1. The third-order valence-electron chi connectivity index (χ3n) is 4.54. The molecule has 0 unspecified atom stereocenters. The molecular formula is C25H23BrN2O5. The van der Waals surface area contributed by atoms with Gasteiger partial charge in [-0.05, 0) is 67.4 Å². The summed E-state index contributed by atoms with van der Waals surface area (Å²) in [6, 6.07) is 17.6. The van der Waals surface area contributed by atoms with Crippen LogP contribution in [0.4, 0.5) is 0 Å². The van der Waals surface area contributed by atoms with E-state index in [1.165, 1.54) is 13.3 Å². The number of benzene rings is 3. The number of rotatable bonds is 8. The Bertz CT molecular complexity index is 1190. The van der Waals surface area contributed by atoms with Crippen molar-refractivity contribution in [3.05, 3.63) is 87.4 Å². The van der Waals surface area contributed by atoms with Crippen molar-refractivity contribution in [3.63, 3.8) is 0 Å². The van der Waals surface area contributed by atoms with Crippen LogP contribution in [0.15, 0.2) is 70.2 Å². The van der Waals surface area contributed by atoms with E-state index in [0.717, 1.165) is 15.6 Å². The third kappa shape index (κ3) is 6.92. The maximum atomic E-state index is 12.4. The van der Waals surface area contributed by atoms with Crippen molar-refractivity contribution in [1.82, 2.24) is 5.43 Å². The molecule has 0 heterocycles. The van der Waals surface area contributed by atoms with Gasteiger partial charge in [-0.15, -0.1) is 0 Å². The number of methoxy groups -OCH3 is 1. The molecule has 170 valence electrons. The zero-order valence-electron chi connectivity index (χ0n) is 18.4. The normalized spacial score (nSPS) is 10.7. The smallest absolute Gasteiger partial charge is 0.343 e. The number of amides is 1. The molecule has 0 aliphatic rings. The predicted molar refractivity (Wildman–Crippen MR) is 129 cm³/mol. The van der Waals surface area contributed by atoms with Crippen LogP contribution in [0.1, 0.15) is 27.0 Å². The van der Waals surface area contributed by atoms with Gasteiger partial charge in [-0.2, -0.15) is 5.10 Å². The number of nitrogens with one attached hydrogen (secondary N) is 1. The van der Waals surface area contributed by atoms with Crippen molar-refractivity contribution in [2.45, 2.75) is 13.8 Å². The third-order valence-corrected chi connectivity index (χ3v) is 5.04. The van der Waals surface area contributed by atoms with Crippen LogP contribution in [-0.2, 0) is 4.79 Å². The number of hydrogen-bond donors (Lipinski definition) is 1. The lowest BCUT2D eigenvalue weighted by Crippen LogP contribution is -2.24. The summed E-state index contributed by atoms with van der Waals surface area (Å²) in [5.41, 5.74) is 5.55. The van der Waals surface area contributed by atoms with Crippen molar-refractivity contribution < 1.29 is 23.8 Å². The molecule has 0 fully saturated rings. The van der Waals surface area contributed by atoms with Crippen LogP contribution < -0.4 is 19.6 Å². The molecule has 3 aromatic carbocycles. The van der Waals surface area contributed by atoms with Gasteiger partial charge in [0.2, 0.25) is 0 Å². The van der Waals surface area contributed by atoms with Crippen molar-refractivity contribution in [3.8, 4) is 17.2 Å². The second-order valence-corrected chi connectivity index (χ2v) is 8.08. The summed E-state index contributed by atoms with van der Waals surface area (Å²) in [7, 11) is 1.47. The molecule has 0 aliphatic carbocycles. The van der Waals surface area contributed by atoms with Crippen LogP contribution in [0.2, 0.25) is 0 Å². The first-order valence-corrected chi connectivity index (χ1v) is 10.8. The van der Waals surface area contributed by atoms with Crippen LogP contribution in [0.3, 0.4) is 0 Å². The lowest BCUT2D eigenvalue weighted by molar-refractivity contribution is -0.123. The Morgan fingerprint density at radius 1 is 1.00 bits per heavy atom. The Kier molecular flexibility index (Phi) is 8.21. The lowest BCUT2D eigenvalue weighted by Gasteiger charge is -2.10. The first kappa shape index (κ1) is 24.0. The van der Waals surface area contributed by atoms with Crippen molar-refractivity contribution >= 4 is 34.0 Å². The fraction of sp³-hybridized carbons (Fsp3) is 0.160. The molecular weight excluding hydrogens is 488 g/mol. The summed E-state index contributed by atoms with van der Waals surface area (Å²) < 4.78 is 17.1. The summed E-state index contributed by atoms with van der Waals surface area (Å²) in [6.07, 6.45) is 1.46. The Morgan fingerprint density at radius 3 is 2.52 bits per heavy atom. The van der Waals surface area contributed by atoms with Gasteiger partial charge < -0.3 is 14.2 Å². The molecule has 0 radical (unpaired) electrons. The lowest BCUT2D eigenvalue weighted by atomic mass is 10.1. The fourth-order valence-electron chi connectivity index (χ4n) is 2.94.